The Morgan fingerprint density at radius 2 is 2.00 bits per heavy atom. The lowest BCUT2D eigenvalue weighted by Gasteiger charge is -2.37. The lowest BCUT2D eigenvalue weighted by atomic mass is 9.65. The van der Waals surface area contributed by atoms with Crippen molar-refractivity contribution in [3.05, 3.63) is 23.3 Å². The number of hydrogen-bond donors (Lipinski definition) is 3. The Hall–Kier alpha value is -1.62. The molecule has 0 aromatic rings. The van der Waals surface area contributed by atoms with Gasteiger partial charge in [-0.25, -0.2) is 4.79 Å². The molecule has 94 valence electrons. The van der Waals surface area contributed by atoms with E-state index in [-0.39, 0.29) is 11.1 Å². The molecule has 2 atom stereocenters. The lowest BCUT2D eigenvalue weighted by molar-refractivity contribution is -0.144. The number of rotatable bonds is 4. The van der Waals surface area contributed by atoms with Crippen LogP contribution in [-0.4, -0.2) is 33.9 Å². The van der Waals surface area contributed by atoms with E-state index in [4.69, 9.17) is 10.2 Å². The number of carbonyl (C=O) groups is 2. The molecule has 3 N–H and O–H groups in total. The number of carboxylic acids is 2. The van der Waals surface area contributed by atoms with Crippen LogP contribution >= 0.6 is 0 Å². The smallest absolute Gasteiger partial charge is 0.332 e. The van der Waals surface area contributed by atoms with E-state index >= 15 is 0 Å². The third kappa shape index (κ3) is 2.10. The van der Waals surface area contributed by atoms with Crippen molar-refractivity contribution in [1.29, 1.82) is 0 Å². The van der Waals surface area contributed by atoms with Crippen LogP contribution in [0.5, 0.6) is 0 Å². The molecule has 2 unspecified atom stereocenters. The second-order valence-electron chi connectivity index (χ2n) is 4.31. The van der Waals surface area contributed by atoms with Gasteiger partial charge in [0.1, 0.15) is 0 Å². The molecule has 1 aliphatic carbocycles. The minimum Gasteiger partial charge on any atom is -0.481 e. The molecule has 5 nitrogen and oxygen atoms in total. The van der Waals surface area contributed by atoms with E-state index in [1.54, 1.807) is 13.8 Å². The van der Waals surface area contributed by atoms with E-state index in [1.807, 2.05) is 0 Å². The maximum atomic E-state index is 11.3. The van der Waals surface area contributed by atoms with E-state index in [0.29, 0.717) is 6.42 Å². The molecule has 0 heterocycles. The van der Waals surface area contributed by atoms with Crippen LogP contribution in [0.4, 0.5) is 0 Å². The Labute approximate surface area is 99.1 Å². The zero-order chi connectivity index (χ0) is 13.2. The molecule has 0 saturated heterocycles. The summed E-state index contributed by atoms with van der Waals surface area (Å²) in [7, 11) is 0. The molecule has 0 bridgehead atoms. The average Bonchev–Trinajstić information content (AvgIpc) is 2.27. The van der Waals surface area contributed by atoms with Crippen molar-refractivity contribution in [2.45, 2.75) is 20.3 Å². The molecule has 0 fully saturated rings. The van der Waals surface area contributed by atoms with Crippen molar-refractivity contribution < 1.29 is 24.9 Å². The quantitative estimate of drug-likeness (QED) is 0.682. The van der Waals surface area contributed by atoms with E-state index in [0.717, 1.165) is 0 Å². The zero-order valence-corrected chi connectivity index (χ0v) is 9.80. The predicted octanol–water partition coefficient (Wildman–Crippen LogP) is 1.05. The van der Waals surface area contributed by atoms with E-state index in [9.17, 15) is 14.7 Å². The maximum absolute atomic E-state index is 11.3. The van der Waals surface area contributed by atoms with Gasteiger partial charge in [-0.2, -0.15) is 0 Å². The highest BCUT2D eigenvalue weighted by Gasteiger charge is 2.45. The molecule has 0 amide bonds. The van der Waals surface area contributed by atoms with Gasteiger partial charge in [0.15, 0.2) is 0 Å². The highest BCUT2D eigenvalue weighted by Crippen LogP contribution is 2.44. The van der Waals surface area contributed by atoms with Gasteiger partial charge in [-0.1, -0.05) is 26.0 Å². The monoisotopic (exact) mass is 240 g/mol. The predicted molar refractivity (Wildman–Crippen MR) is 60.4 cm³/mol. The van der Waals surface area contributed by atoms with Gasteiger partial charge in [0, 0.05) is 11.0 Å². The third-order valence-electron chi connectivity index (χ3n) is 3.45. The first-order valence-electron chi connectivity index (χ1n) is 5.37. The molecule has 0 saturated carbocycles. The summed E-state index contributed by atoms with van der Waals surface area (Å²) in [6.07, 6.45) is 3.21. The molecule has 1 rings (SSSR count). The van der Waals surface area contributed by atoms with Crippen molar-refractivity contribution in [2.24, 2.45) is 11.3 Å². The largest absolute Gasteiger partial charge is 0.481 e. The molecule has 1 aliphatic rings. The van der Waals surface area contributed by atoms with Crippen LogP contribution in [-0.2, 0) is 9.59 Å². The fourth-order valence-corrected chi connectivity index (χ4v) is 2.30. The van der Waals surface area contributed by atoms with Gasteiger partial charge in [0.05, 0.1) is 12.5 Å². The number of hydrogen-bond acceptors (Lipinski definition) is 3. The van der Waals surface area contributed by atoms with Crippen LogP contribution in [0.15, 0.2) is 23.3 Å². The fourth-order valence-electron chi connectivity index (χ4n) is 2.30. The van der Waals surface area contributed by atoms with Crippen molar-refractivity contribution >= 4 is 11.9 Å². The molecule has 17 heavy (non-hydrogen) atoms. The van der Waals surface area contributed by atoms with Crippen molar-refractivity contribution in [3.8, 4) is 0 Å². The number of aliphatic hydroxyl groups is 1. The minimum atomic E-state index is -1.17. The highest BCUT2D eigenvalue weighted by atomic mass is 16.4. The summed E-state index contributed by atoms with van der Waals surface area (Å²) >= 11 is 0. The molecule has 0 spiro atoms. The van der Waals surface area contributed by atoms with Crippen LogP contribution in [0.25, 0.3) is 0 Å². The van der Waals surface area contributed by atoms with Crippen LogP contribution in [0.2, 0.25) is 0 Å². The number of carboxylic acid groups (broad SMARTS) is 2. The number of aliphatic hydroxyl groups excluding tert-OH is 1. The van der Waals surface area contributed by atoms with Gasteiger partial charge in [-0.05, 0) is 12.0 Å². The Morgan fingerprint density at radius 1 is 1.41 bits per heavy atom. The topological polar surface area (TPSA) is 94.8 Å². The molecule has 0 aromatic carbocycles. The third-order valence-corrected chi connectivity index (χ3v) is 3.45. The van der Waals surface area contributed by atoms with Crippen LogP contribution in [0, 0.1) is 11.3 Å². The van der Waals surface area contributed by atoms with Gasteiger partial charge in [0.2, 0.25) is 0 Å². The molecule has 0 aliphatic heterocycles. The van der Waals surface area contributed by atoms with Crippen molar-refractivity contribution in [2.75, 3.05) is 6.61 Å². The summed E-state index contributed by atoms with van der Waals surface area (Å²) in [6.45, 7) is 2.95. The van der Waals surface area contributed by atoms with Gasteiger partial charge < -0.3 is 15.3 Å². The van der Waals surface area contributed by atoms with Gasteiger partial charge in [0.25, 0.3) is 0 Å². The minimum absolute atomic E-state index is 0.00241. The second-order valence-corrected chi connectivity index (χ2v) is 4.31. The summed E-state index contributed by atoms with van der Waals surface area (Å²) in [5, 5.41) is 27.5. The van der Waals surface area contributed by atoms with Crippen LogP contribution < -0.4 is 0 Å². The molecule has 5 heteroatoms. The molecule has 0 aromatic heterocycles. The first-order chi connectivity index (χ1) is 7.88. The van der Waals surface area contributed by atoms with Crippen molar-refractivity contribution in [1.82, 2.24) is 0 Å². The average molecular weight is 240 g/mol. The van der Waals surface area contributed by atoms with E-state index in [2.05, 4.69) is 0 Å². The van der Waals surface area contributed by atoms with Crippen molar-refractivity contribution in [3.63, 3.8) is 0 Å². The summed E-state index contributed by atoms with van der Waals surface area (Å²) in [4.78, 5) is 22.4. The van der Waals surface area contributed by atoms with E-state index < -0.39 is 29.9 Å². The summed E-state index contributed by atoms with van der Waals surface area (Å²) in [5.41, 5.74) is -0.721. The van der Waals surface area contributed by atoms with Gasteiger partial charge in [-0.3, -0.25) is 4.79 Å². The summed E-state index contributed by atoms with van der Waals surface area (Å²) in [6, 6.07) is 0. The zero-order valence-electron chi connectivity index (χ0n) is 9.80. The van der Waals surface area contributed by atoms with E-state index in [1.165, 1.54) is 12.2 Å². The highest BCUT2D eigenvalue weighted by molar-refractivity contribution is 5.92. The second kappa shape index (κ2) is 4.71. The molecular formula is C12H16O5. The number of aliphatic carboxylic acids is 2. The lowest BCUT2D eigenvalue weighted by Crippen LogP contribution is -2.39. The van der Waals surface area contributed by atoms with Gasteiger partial charge >= 0.3 is 11.9 Å². The Balaban J connectivity index is 3.40. The molecular weight excluding hydrogens is 224 g/mol. The first kappa shape index (κ1) is 13.4. The SMILES string of the molecule is CCC1(C)C(C(=O)O)=C(CO)C=CC1C(=O)O. The Kier molecular flexibility index (Phi) is 3.72. The normalized spacial score (nSPS) is 28.3. The van der Waals surface area contributed by atoms with Crippen LogP contribution in [0.3, 0.4) is 0 Å². The molecule has 0 radical (unpaired) electrons. The first-order valence-corrected chi connectivity index (χ1v) is 5.37. The summed E-state index contributed by atoms with van der Waals surface area (Å²) in [5.74, 6) is -3.11. The van der Waals surface area contributed by atoms with Crippen LogP contribution in [0.1, 0.15) is 20.3 Å². The Morgan fingerprint density at radius 3 is 2.35 bits per heavy atom. The van der Waals surface area contributed by atoms with Gasteiger partial charge in [-0.15, -0.1) is 0 Å². The Bertz CT molecular complexity index is 407. The fraction of sp³-hybridized carbons (Fsp3) is 0.500. The standard InChI is InChI=1S/C12H16O5/c1-3-12(2)8(10(14)15)5-4-7(6-13)9(12)11(16)17/h4-5,8,13H,3,6H2,1-2H3,(H,14,15)(H,16,17). The maximum Gasteiger partial charge on any atom is 0.332 e. The summed E-state index contributed by atoms with van der Waals surface area (Å²) < 4.78 is 0.